The smallest absolute Gasteiger partial charge is 0.168 e. The Bertz CT molecular complexity index is 536. The van der Waals surface area contributed by atoms with Gasteiger partial charge in [0.05, 0.1) is 16.9 Å². The quantitative estimate of drug-likeness (QED) is 0.829. The molecule has 0 saturated heterocycles. The number of hydrogen-bond acceptors (Lipinski definition) is 3. The van der Waals surface area contributed by atoms with Crippen LogP contribution < -0.4 is 0 Å². The molecule has 2 aliphatic rings. The third-order valence-corrected chi connectivity index (χ3v) is 5.19. The van der Waals surface area contributed by atoms with E-state index >= 15 is 0 Å². The Morgan fingerprint density at radius 2 is 1.95 bits per heavy atom. The molecule has 3 heteroatoms. The Morgan fingerprint density at radius 1 is 1.26 bits per heavy atom. The van der Waals surface area contributed by atoms with Crippen LogP contribution in [0, 0.1) is 11.3 Å². The van der Waals surface area contributed by atoms with Crippen molar-refractivity contribution in [2.24, 2.45) is 11.3 Å². The summed E-state index contributed by atoms with van der Waals surface area (Å²) in [5, 5.41) is 10.9. The minimum absolute atomic E-state index is 0.0264. The molecule has 2 fully saturated rings. The molecule has 2 saturated carbocycles. The van der Waals surface area contributed by atoms with Crippen molar-refractivity contribution in [1.29, 1.82) is 0 Å². The fourth-order valence-corrected chi connectivity index (χ4v) is 3.84. The molecule has 3 atom stereocenters. The summed E-state index contributed by atoms with van der Waals surface area (Å²) in [5.41, 5.74) is -1.23. The second-order valence-electron chi connectivity index (χ2n) is 6.00. The average molecular weight is 258 g/mol. The summed E-state index contributed by atoms with van der Waals surface area (Å²) in [6, 6.07) is 9.07. The summed E-state index contributed by atoms with van der Waals surface area (Å²) in [4.78, 5) is 24.6. The van der Waals surface area contributed by atoms with Gasteiger partial charge in [-0.05, 0) is 26.2 Å². The molecule has 0 spiro atoms. The minimum Gasteiger partial charge on any atom is -0.388 e. The molecule has 2 aliphatic carbocycles. The number of aliphatic hydroxyl groups is 1. The van der Waals surface area contributed by atoms with Crippen LogP contribution in [0.25, 0.3) is 0 Å². The SMILES string of the molecule is C[C@]12CC[C@H](C(=O)c3ccccc3)[C@@]1(O)CCC2=O. The third-order valence-electron chi connectivity index (χ3n) is 5.19. The van der Waals surface area contributed by atoms with Crippen molar-refractivity contribution >= 4 is 11.6 Å². The lowest BCUT2D eigenvalue weighted by Gasteiger charge is -2.35. The fraction of sp³-hybridized carbons (Fsp3) is 0.500. The molecule has 0 heterocycles. The zero-order valence-electron chi connectivity index (χ0n) is 11.1. The van der Waals surface area contributed by atoms with E-state index in [1.54, 1.807) is 12.1 Å². The highest BCUT2D eigenvalue weighted by molar-refractivity contribution is 6.01. The lowest BCUT2D eigenvalue weighted by Crippen LogP contribution is -2.47. The Kier molecular flexibility index (Phi) is 2.65. The Morgan fingerprint density at radius 3 is 2.63 bits per heavy atom. The van der Waals surface area contributed by atoms with Crippen molar-refractivity contribution in [3.05, 3.63) is 35.9 Å². The third kappa shape index (κ3) is 1.54. The number of benzene rings is 1. The highest BCUT2D eigenvalue weighted by Gasteiger charge is 2.65. The highest BCUT2D eigenvalue weighted by Crippen LogP contribution is 2.58. The zero-order chi connectivity index (χ0) is 13.7. The van der Waals surface area contributed by atoms with Gasteiger partial charge in [0.1, 0.15) is 5.78 Å². The van der Waals surface area contributed by atoms with Gasteiger partial charge < -0.3 is 5.11 Å². The molecule has 0 aliphatic heterocycles. The summed E-state index contributed by atoms with van der Waals surface area (Å²) >= 11 is 0. The first kappa shape index (κ1) is 12.5. The average Bonchev–Trinajstić information content (AvgIpc) is 2.82. The van der Waals surface area contributed by atoms with E-state index in [2.05, 4.69) is 0 Å². The van der Waals surface area contributed by atoms with Gasteiger partial charge >= 0.3 is 0 Å². The van der Waals surface area contributed by atoms with Gasteiger partial charge in [0.2, 0.25) is 0 Å². The summed E-state index contributed by atoms with van der Waals surface area (Å²) in [6.07, 6.45) is 2.04. The summed E-state index contributed by atoms with van der Waals surface area (Å²) in [7, 11) is 0. The monoisotopic (exact) mass is 258 g/mol. The molecular formula is C16H18O3. The predicted octanol–water partition coefficient (Wildman–Crippen LogP) is 2.38. The number of rotatable bonds is 2. The molecule has 1 aromatic rings. The van der Waals surface area contributed by atoms with Gasteiger partial charge in [-0.25, -0.2) is 0 Å². The molecule has 0 bridgehead atoms. The topological polar surface area (TPSA) is 54.4 Å². The fourth-order valence-electron chi connectivity index (χ4n) is 3.84. The summed E-state index contributed by atoms with van der Waals surface area (Å²) < 4.78 is 0. The van der Waals surface area contributed by atoms with E-state index < -0.39 is 16.9 Å². The van der Waals surface area contributed by atoms with Crippen LogP contribution in [0.5, 0.6) is 0 Å². The van der Waals surface area contributed by atoms with Crippen LogP contribution in [0.4, 0.5) is 0 Å². The predicted molar refractivity (Wildman–Crippen MR) is 70.8 cm³/mol. The lowest BCUT2D eigenvalue weighted by molar-refractivity contribution is -0.132. The van der Waals surface area contributed by atoms with Crippen molar-refractivity contribution in [2.75, 3.05) is 0 Å². The van der Waals surface area contributed by atoms with E-state index in [0.717, 1.165) is 0 Å². The Labute approximate surface area is 112 Å². The van der Waals surface area contributed by atoms with Gasteiger partial charge in [0.15, 0.2) is 5.78 Å². The molecule has 1 N–H and O–H groups in total. The van der Waals surface area contributed by atoms with Gasteiger partial charge in [0.25, 0.3) is 0 Å². The molecule has 0 amide bonds. The molecule has 0 aromatic heterocycles. The number of carbonyl (C=O) groups is 2. The highest BCUT2D eigenvalue weighted by atomic mass is 16.3. The normalized spacial score (nSPS) is 37.4. The van der Waals surface area contributed by atoms with Crippen molar-refractivity contribution in [3.8, 4) is 0 Å². The maximum atomic E-state index is 12.6. The lowest BCUT2D eigenvalue weighted by atomic mass is 9.73. The van der Waals surface area contributed by atoms with Crippen molar-refractivity contribution in [1.82, 2.24) is 0 Å². The van der Waals surface area contributed by atoms with E-state index in [1.165, 1.54) is 0 Å². The van der Waals surface area contributed by atoms with Crippen LogP contribution in [0.1, 0.15) is 43.0 Å². The van der Waals surface area contributed by atoms with E-state index in [0.29, 0.717) is 31.2 Å². The summed E-state index contributed by atoms with van der Waals surface area (Å²) in [5.74, 6) is -0.355. The maximum Gasteiger partial charge on any atom is 0.168 e. The number of Topliss-reactive ketones (excluding diaryl/α,β-unsaturated/α-hetero) is 2. The second-order valence-corrected chi connectivity index (χ2v) is 6.00. The minimum atomic E-state index is -1.14. The molecule has 3 rings (SSSR count). The Hall–Kier alpha value is -1.48. The number of ketones is 2. The van der Waals surface area contributed by atoms with E-state index in [1.807, 2.05) is 25.1 Å². The number of carbonyl (C=O) groups excluding carboxylic acids is 2. The molecule has 1 aromatic carbocycles. The first-order chi connectivity index (χ1) is 8.99. The first-order valence-electron chi connectivity index (χ1n) is 6.84. The van der Waals surface area contributed by atoms with Gasteiger partial charge in [-0.15, -0.1) is 0 Å². The van der Waals surface area contributed by atoms with Gasteiger partial charge in [-0.2, -0.15) is 0 Å². The van der Waals surface area contributed by atoms with Crippen molar-refractivity contribution < 1.29 is 14.7 Å². The summed E-state index contributed by atoms with van der Waals surface area (Å²) in [6.45, 7) is 1.82. The van der Waals surface area contributed by atoms with E-state index in [9.17, 15) is 14.7 Å². The van der Waals surface area contributed by atoms with Crippen molar-refractivity contribution in [3.63, 3.8) is 0 Å². The molecule has 0 unspecified atom stereocenters. The van der Waals surface area contributed by atoms with Gasteiger partial charge in [-0.3, -0.25) is 9.59 Å². The van der Waals surface area contributed by atoms with E-state index in [-0.39, 0.29) is 11.6 Å². The van der Waals surface area contributed by atoms with E-state index in [4.69, 9.17) is 0 Å². The second kappa shape index (κ2) is 4.01. The number of hydrogen-bond donors (Lipinski definition) is 1. The van der Waals surface area contributed by atoms with Crippen LogP contribution >= 0.6 is 0 Å². The molecular weight excluding hydrogens is 240 g/mol. The zero-order valence-corrected chi connectivity index (χ0v) is 11.1. The van der Waals surface area contributed by atoms with Crippen LogP contribution in [-0.4, -0.2) is 22.3 Å². The Balaban J connectivity index is 1.96. The first-order valence-corrected chi connectivity index (χ1v) is 6.84. The van der Waals surface area contributed by atoms with Crippen LogP contribution in [0.3, 0.4) is 0 Å². The largest absolute Gasteiger partial charge is 0.388 e. The molecule has 19 heavy (non-hydrogen) atoms. The van der Waals surface area contributed by atoms with Crippen LogP contribution in [0.2, 0.25) is 0 Å². The number of fused-ring (bicyclic) bond motifs is 1. The van der Waals surface area contributed by atoms with Gasteiger partial charge in [-0.1, -0.05) is 30.3 Å². The molecule has 0 radical (unpaired) electrons. The van der Waals surface area contributed by atoms with Crippen LogP contribution in [-0.2, 0) is 4.79 Å². The maximum absolute atomic E-state index is 12.6. The van der Waals surface area contributed by atoms with Crippen LogP contribution in [0.15, 0.2) is 30.3 Å². The standard InChI is InChI=1S/C16H18O3/c1-15-9-7-12(16(15,19)10-8-13(15)17)14(18)11-5-3-2-4-6-11/h2-6,12,19H,7-10H2,1H3/t12-,15-,16+/m1/s1. The van der Waals surface area contributed by atoms with Crippen molar-refractivity contribution in [2.45, 2.75) is 38.2 Å². The molecule has 100 valence electrons. The van der Waals surface area contributed by atoms with Gasteiger partial charge in [0, 0.05) is 12.0 Å². The molecule has 3 nitrogen and oxygen atoms in total.